The van der Waals surface area contributed by atoms with Crippen molar-refractivity contribution in [3.8, 4) is 0 Å². The van der Waals surface area contributed by atoms with Crippen molar-refractivity contribution in [2.75, 3.05) is 10.2 Å². The van der Waals surface area contributed by atoms with Crippen LogP contribution in [0.1, 0.15) is 22.3 Å². The summed E-state index contributed by atoms with van der Waals surface area (Å²) in [6.07, 6.45) is 5.05. The Labute approximate surface area is 163 Å². The van der Waals surface area contributed by atoms with Crippen LogP contribution in [0.5, 0.6) is 0 Å². The summed E-state index contributed by atoms with van der Waals surface area (Å²) >= 11 is 0. The van der Waals surface area contributed by atoms with Gasteiger partial charge in [-0.2, -0.15) is 0 Å². The third-order valence-corrected chi connectivity index (χ3v) is 6.23. The Balaban J connectivity index is 1.42. The fraction of sp³-hybridized carbons (Fsp3) is 0.261. The predicted molar refractivity (Wildman–Crippen MR) is 106 cm³/mol. The minimum atomic E-state index is -0.267. The van der Waals surface area contributed by atoms with Crippen LogP contribution in [0.25, 0.3) is 0 Å². The lowest BCUT2D eigenvalue weighted by molar-refractivity contribution is -0.123. The van der Waals surface area contributed by atoms with E-state index >= 15 is 0 Å². The number of nitrogens with zero attached hydrogens (tertiary/aromatic N) is 1. The zero-order valence-electron chi connectivity index (χ0n) is 15.5. The van der Waals surface area contributed by atoms with Crippen LogP contribution < -0.4 is 10.2 Å². The second-order valence-electron chi connectivity index (χ2n) is 7.83. The number of imide groups is 1. The van der Waals surface area contributed by atoms with E-state index in [9.17, 15) is 14.4 Å². The molecule has 4 atom stereocenters. The molecule has 2 bridgehead atoms. The molecule has 0 aromatic heterocycles. The molecule has 1 aliphatic heterocycles. The summed E-state index contributed by atoms with van der Waals surface area (Å²) in [5, 5.41) is 2.89. The van der Waals surface area contributed by atoms with Gasteiger partial charge >= 0.3 is 0 Å². The summed E-state index contributed by atoms with van der Waals surface area (Å²) in [6.45, 7) is 1.93. The van der Waals surface area contributed by atoms with Crippen LogP contribution in [0.4, 0.5) is 11.4 Å². The fourth-order valence-corrected chi connectivity index (χ4v) is 4.85. The highest BCUT2D eigenvalue weighted by atomic mass is 16.2. The first-order valence-electron chi connectivity index (χ1n) is 9.58. The summed E-state index contributed by atoms with van der Waals surface area (Å²) in [6, 6.07) is 14.3. The van der Waals surface area contributed by atoms with Crippen molar-refractivity contribution in [3.63, 3.8) is 0 Å². The molecule has 2 fully saturated rings. The maximum absolute atomic E-state index is 13.0. The van der Waals surface area contributed by atoms with E-state index in [0.29, 0.717) is 11.3 Å². The predicted octanol–water partition coefficient (Wildman–Crippen LogP) is 3.56. The lowest BCUT2D eigenvalue weighted by atomic mass is 9.85. The standard InChI is InChI=1S/C23H20N2O3/c1-13-5-2-3-8-18(13)24-21(26)16-6-4-7-17(12-16)25-22(27)19-14-9-10-15(11-14)20(19)23(25)28/h2-10,12,14-15,19-20H,11H2,1H3,(H,24,26)/t14-,15-,19+,20+/m1/s1. The molecule has 5 heteroatoms. The summed E-state index contributed by atoms with van der Waals surface area (Å²) < 4.78 is 0. The van der Waals surface area contributed by atoms with Gasteiger partial charge in [-0.15, -0.1) is 0 Å². The fourth-order valence-electron chi connectivity index (χ4n) is 4.85. The Kier molecular flexibility index (Phi) is 3.72. The number of aryl methyl sites for hydroxylation is 1. The Morgan fingerprint density at radius 3 is 2.32 bits per heavy atom. The molecular formula is C23H20N2O3. The molecule has 2 aliphatic carbocycles. The third-order valence-electron chi connectivity index (χ3n) is 6.23. The number of carbonyl (C=O) groups is 3. The maximum atomic E-state index is 13.0. The number of amides is 3. The average molecular weight is 372 g/mol. The van der Waals surface area contributed by atoms with Crippen LogP contribution in [-0.4, -0.2) is 17.7 Å². The number of carbonyl (C=O) groups excluding carboxylic acids is 3. The van der Waals surface area contributed by atoms with E-state index in [1.54, 1.807) is 24.3 Å². The van der Waals surface area contributed by atoms with E-state index in [4.69, 9.17) is 0 Å². The lowest BCUT2D eigenvalue weighted by Gasteiger charge is -2.18. The number of fused-ring (bicyclic) bond motifs is 5. The maximum Gasteiger partial charge on any atom is 0.255 e. The molecule has 5 rings (SSSR count). The molecule has 1 N–H and O–H groups in total. The molecule has 140 valence electrons. The lowest BCUT2D eigenvalue weighted by Crippen LogP contribution is -2.33. The first kappa shape index (κ1) is 16.9. The van der Waals surface area contributed by atoms with Gasteiger partial charge in [0.15, 0.2) is 0 Å². The number of nitrogens with one attached hydrogen (secondary N) is 1. The van der Waals surface area contributed by atoms with Crippen LogP contribution in [-0.2, 0) is 9.59 Å². The highest BCUT2D eigenvalue weighted by molar-refractivity contribution is 6.23. The average Bonchev–Trinajstić information content (AvgIpc) is 3.37. The second kappa shape index (κ2) is 6.16. The van der Waals surface area contributed by atoms with Crippen molar-refractivity contribution in [1.29, 1.82) is 0 Å². The molecule has 0 radical (unpaired) electrons. The van der Waals surface area contributed by atoms with Crippen LogP contribution in [0.3, 0.4) is 0 Å². The number of hydrogen-bond donors (Lipinski definition) is 1. The van der Waals surface area contributed by atoms with Gasteiger partial charge in [0.05, 0.1) is 17.5 Å². The molecule has 3 aliphatic rings. The van der Waals surface area contributed by atoms with Crippen LogP contribution in [0.2, 0.25) is 0 Å². The topological polar surface area (TPSA) is 66.5 Å². The van der Waals surface area contributed by atoms with E-state index in [1.165, 1.54) is 4.90 Å². The molecule has 1 saturated carbocycles. The summed E-state index contributed by atoms with van der Waals surface area (Å²) in [4.78, 5) is 39.9. The number of para-hydroxylation sites is 1. The van der Waals surface area contributed by atoms with Crippen molar-refractivity contribution >= 4 is 29.1 Å². The SMILES string of the molecule is Cc1ccccc1NC(=O)c1cccc(N2C(=O)[C@@H]3[C@@H](C2=O)[C@@H]2C=C[C@@H]3C2)c1. The van der Waals surface area contributed by atoms with Gasteiger partial charge in [-0.3, -0.25) is 14.4 Å². The summed E-state index contributed by atoms with van der Waals surface area (Å²) in [7, 11) is 0. The molecule has 3 amide bonds. The van der Waals surface area contributed by atoms with Gasteiger partial charge in [-0.25, -0.2) is 4.90 Å². The van der Waals surface area contributed by atoms with Crippen LogP contribution in [0.15, 0.2) is 60.7 Å². The van der Waals surface area contributed by atoms with Crippen molar-refractivity contribution in [2.45, 2.75) is 13.3 Å². The number of anilines is 2. The molecule has 1 saturated heterocycles. The second-order valence-corrected chi connectivity index (χ2v) is 7.83. The van der Waals surface area contributed by atoms with Crippen molar-refractivity contribution in [1.82, 2.24) is 0 Å². The minimum absolute atomic E-state index is 0.136. The molecule has 0 unspecified atom stereocenters. The smallest absolute Gasteiger partial charge is 0.255 e. The first-order chi connectivity index (χ1) is 13.5. The summed E-state index contributed by atoms with van der Waals surface area (Å²) in [5.74, 6) is -0.685. The van der Waals surface area contributed by atoms with Gasteiger partial charge in [0.2, 0.25) is 11.8 Å². The van der Waals surface area contributed by atoms with E-state index in [1.807, 2.05) is 31.2 Å². The molecule has 5 nitrogen and oxygen atoms in total. The largest absolute Gasteiger partial charge is 0.322 e. The molecule has 1 heterocycles. The zero-order valence-corrected chi connectivity index (χ0v) is 15.5. The number of allylic oxidation sites excluding steroid dienone is 2. The van der Waals surface area contributed by atoms with E-state index in [2.05, 4.69) is 17.5 Å². The van der Waals surface area contributed by atoms with Crippen molar-refractivity contribution < 1.29 is 14.4 Å². The first-order valence-corrected chi connectivity index (χ1v) is 9.58. The van der Waals surface area contributed by atoms with Crippen LogP contribution >= 0.6 is 0 Å². The highest BCUT2D eigenvalue weighted by Crippen LogP contribution is 2.53. The Morgan fingerprint density at radius 1 is 0.964 bits per heavy atom. The molecule has 2 aromatic rings. The van der Waals surface area contributed by atoms with Crippen LogP contribution in [0, 0.1) is 30.6 Å². The van der Waals surface area contributed by atoms with Gasteiger partial charge in [-0.05, 0) is 55.0 Å². The quantitative estimate of drug-likeness (QED) is 0.662. The zero-order chi connectivity index (χ0) is 19.4. The van der Waals surface area contributed by atoms with E-state index < -0.39 is 0 Å². The van der Waals surface area contributed by atoms with E-state index in [-0.39, 0.29) is 41.4 Å². The molecule has 28 heavy (non-hydrogen) atoms. The molecule has 0 spiro atoms. The number of hydrogen-bond acceptors (Lipinski definition) is 3. The monoisotopic (exact) mass is 372 g/mol. The van der Waals surface area contributed by atoms with E-state index in [0.717, 1.165) is 17.7 Å². The minimum Gasteiger partial charge on any atom is -0.322 e. The van der Waals surface area contributed by atoms with Gasteiger partial charge in [0, 0.05) is 11.3 Å². The Morgan fingerprint density at radius 2 is 1.64 bits per heavy atom. The summed E-state index contributed by atoms with van der Waals surface area (Å²) in [5.41, 5.74) is 2.59. The number of benzene rings is 2. The van der Waals surface area contributed by atoms with Gasteiger partial charge in [0.1, 0.15) is 0 Å². The van der Waals surface area contributed by atoms with Gasteiger partial charge < -0.3 is 5.32 Å². The highest BCUT2D eigenvalue weighted by Gasteiger charge is 2.59. The molecular weight excluding hydrogens is 352 g/mol. The number of rotatable bonds is 3. The third kappa shape index (κ3) is 2.43. The van der Waals surface area contributed by atoms with Crippen molar-refractivity contribution in [2.24, 2.45) is 23.7 Å². The van der Waals surface area contributed by atoms with Crippen molar-refractivity contribution in [3.05, 3.63) is 71.8 Å². The van der Waals surface area contributed by atoms with Gasteiger partial charge in [-0.1, -0.05) is 36.4 Å². The normalized spacial score (nSPS) is 27.4. The Bertz CT molecular complexity index is 1010. The van der Waals surface area contributed by atoms with Gasteiger partial charge in [0.25, 0.3) is 5.91 Å². The molecule has 2 aromatic carbocycles. The Hall–Kier alpha value is -3.21.